The van der Waals surface area contributed by atoms with E-state index in [2.05, 4.69) is 21.8 Å². The molecule has 0 bridgehead atoms. The van der Waals surface area contributed by atoms with Crippen LogP contribution in [0, 0.1) is 17.8 Å². The molecule has 2 atom stereocenters. The molecule has 0 radical (unpaired) electrons. The summed E-state index contributed by atoms with van der Waals surface area (Å²) in [5.74, 6) is -1.43. The van der Waals surface area contributed by atoms with E-state index in [0.717, 1.165) is 24.5 Å². The van der Waals surface area contributed by atoms with Crippen molar-refractivity contribution >= 4 is 18.0 Å². The van der Waals surface area contributed by atoms with Gasteiger partial charge >= 0.3 is 18.0 Å². The second kappa shape index (κ2) is 12.5. The van der Waals surface area contributed by atoms with Crippen LogP contribution in [-0.2, 0) is 25.5 Å². The summed E-state index contributed by atoms with van der Waals surface area (Å²) in [5, 5.41) is 12.1. The highest BCUT2D eigenvalue weighted by atomic mass is 16.7. The number of aromatic nitrogens is 2. The van der Waals surface area contributed by atoms with Gasteiger partial charge in [0, 0.05) is 32.1 Å². The van der Waals surface area contributed by atoms with Gasteiger partial charge in [-0.25, -0.2) is 9.78 Å². The number of hydrogen-bond acceptors (Lipinski definition) is 6. The van der Waals surface area contributed by atoms with E-state index in [1.165, 1.54) is 19.8 Å². The zero-order valence-electron chi connectivity index (χ0n) is 19.6. The van der Waals surface area contributed by atoms with Gasteiger partial charge in [-0.1, -0.05) is 20.8 Å². The Morgan fingerprint density at radius 3 is 2.50 bits per heavy atom. The van der Waals surface area contributed by atoms with Gasteiger partial charge in [0.15, 0.2) is 0 Å². The fourth-order valence-electron chi connectivity index (χ4n) is 3.85. The van der Waals surface area contributed by atoms with Crippen molar-refractivity contribution in [1.82, 2.24) is 14.9 Å². The van der Waals surface area contributed by atoms with E-state index in [0.29, 0.717) is 25.3 Å². The fraction of sp³-hybridized carbons (Fsp3) is 0.739. The largest absolute Gasteiger partial charge is 0.481 e. The van der Waals surface area contributed by atoms with Crippen LogP contribution >= 0.6 is 0 Å². The summed E-state index contributed by atoms with van der Waals surface area (Å²) in [6, 6.07) is 0.452. The first-order valence-corrected chi connectivity index (χ1v) is 11.6. The quantitative estimate of drug-likeness (QED) is 0.297. The molecule has 1 amide bonds. The Morgan fingerprint density at radius 1 is 1.19 bits per heavy atom. The van der Waals surface area contributed by atoms with Gasteiger partial charge in [0.1, 0.15) is 0 Å². The minimum Gasteiger partial charge on any atom is -0.481 e. The van der Waals surface area contributed by atoms with Crippen LogP contribution < -0.4 is 5.32 Å². The van der Waals surface area contributed by atoms with Crippen molar-refractivity contribution in [3.8, 4) is 0 Å². The Balaban J connectivity index is 1.72. The first-order valence-electron chi connectivity index (χ1n) is 11.6. The van der Waals surface area contributed by atoms with Crippen LogP contribution in [0.5, 0.6) is 0 Å². The number of ether oxygens (including phenoxy) is 2. The average Bonchev–Trinajstić information content (AvgIpc) is 3.19. The Morgan fingerprint density at radius 2 is 1.88 bits per heavy atom. The minimum absolute atomic E-state index is 0.266. The van der Waals surface area contributed by atoms with Crippen molar-refractivity contribution < 1.29 is 29.0 Å². The molecule has 9 heteroatoms. The Bertz CT molecular complexity index is 755. The van der Waals surface area contributed by atoms with E-state index in [9.17, 15) is 19.5 Å². The number of carbonyl (C=O) groups excluding carboxylic acids is 2. The van der Waals surface area contributed by atoms with E-state index < -0.39 is 30.2 Å². The van der Waals surface area contributed by atoms with Gasteiger partial charge in [-0.05, 0) is 44.4 Å². The second-order valence-electron chi connectivity index (χ2n) is 9.10. The minimum atomic E-state index is -0.987. The van der Waals surface area contributed by atoms with Crippen molar-refractivity contribution in [3.05, 3.63) is 18.2 Å². The number of esters is 1. The summed E-state index contributed by atoms with van der Waals surface area (Å²) in [6.45, 7) is 7.39. The lowest BCUT2D eigenvalue weighted by atomic mass is 9.87. The molecule has 2 N–H and O–H groups in total. The third-order valence-electron chi connectivity index (χ3n) is 5.89. The fourth-order valence-corrected chi connectivity index (χ4v) is 3.85. The summed E-state index contributed by atoms with van der Waals surface area (Å²) < 4.78 is 12.1. The number of nitrogens with zero attached hydrogens (tertiary/aromatic N) is 2. The topological polar surface area (TPSA) is 120 Å². The van der Waals surface area contributed by atoms with Crippen LogP contribution in [0.3, 0.4) is 0 Å². The molecule has 0 aliphatic heterocycles. The number of imidazole rings is 1. The van der Waals surface area contributed by atoms with E-state index in [4.69, 9.17) is 9.47 Å². The number of rotatable bonds is 11. The highest BCUT2D eigenvalue weighted by Crippen LogP contribution is 2.31. The van der Waals surface area contributed by atoms with Crippen LogP contribution in [0.25, 0.3) is 0 Å². The molecule has 1 fully saturated rings. The molecule has 2 rings (SSSR count). The maximum absolute atomic E-state index is 11.8. The molecular formula is C23H37N3O6. The first kappa shape index (κ1) is 25.7. The number of hydrogen-bond donors (Lipinski definition) is 2. The van der Waals surface area contributed by atoms with Crippen LogP contribution in [0.2, 0.25) is 0 Å². The van der Waals surface area contributed by atoms with E-state index >= 15 is 0 Å². The van der Waals surface area contributed by atoms with Crippen LogP contribution in [0.1, 0.15) is 78.0 Å². The van der Waals surface area contributed by atoms with Gasteiger partial charge in [-0.15, -0.1) is 0 Å². The van der Waals surface area contributed by atoms with Crippen LogP contribution in [0.4, 0.5) is 4.79 Å². The molecule has 0 aromatic carbocycles. The predicted octanol–water partition coefficient (Wildman–Crippen LogP) is 3.93. The summed E-state index contributed by atoms with van der Waals surface area (Å²) >= 11 is 0. The van der Waals surface area contributed by atoms with Gasteiger partial charge in [0.25, 0.3) is 0 Å². The van der Waals surface area contributed by atoms with Gasteiger partial charge in [0.2, 0.25) is 6.29 Å². The first-order chi connectivity index (χ1) is 15.2. The SMILES string of the molecule is CC1CCC(n2cnc(C[C@H](CCCNC(=O)OC(C)OC(=O)C(C)C)C(=O)O)c2)CC1. The lowest BCUT2D eigenvalue weighted by Gasteiger charge is -2.26. The molecule has 1 saturated carbocycles. The molecule has 1 heterocycles. The summed E-state index contributed by atoms with van der Waals surface area (Å²) in [7, 11) is 0. The second-order valence-corrected chi connectivity index (χ2v) is 9.10. The van der Waals surface area contributed by atoms with Crippen molar-refractivity contribution in [1.29, 1.82) is 0 Å². The van der Waals surface area contributed by atoms with E-state index in [-0.39, 0.29) is 12.5 Å². The molecule has 180 valence electrons. The van der Waals surface area contributed by atoms with Gasteiger partial charge in [-0.3, -0.25) is 9.59 Å². The van der Waals surface area contributed by atoms with Gasteiger partial charge in [-0.2, -0.15) is 0 Å². The summed E-state index contributed by atoms with van der Waals surface area (Å²) in [4.78, 5) is 39.4. The normalized spacial score (nSPS) is 20.4. The Kier molecular flexibility index (Phi) is 9.99. The van der Waals surface area contributed by atoms with Gasteiger partial charge < -0.3 is 24.5 Å². The smallest absolute Gasteiger partial charge is 0.410 e. The molecule has 1 aliphatic carbocycles. The molecule has 1 unspecified atom stereocenters. The monoisotopic (exact) mass is 451 g/mol. The molecule has 1 aliphatic rings. The molecule has 1 aromatic rings. The standard InChI is InChI=1S/C23H37N3O6/c1-15(2)22(29)31-17(4)32-23(30)24-11-5-6-18(21(27)28)12-19-13-26(14-25-19)20-9-7-16(3)8-10-20/h13-18,20H,5-12H2,1-4H3,(H,24,30)(H,27,28)/t16?,17?,18-,20?/m0/s1. The van der Waals surface area contributed by atoms with Crippen molar-refractivity contribution in [2.45, 2.75) is 85.0 Å². The zero-order chi connectivity index (χ0) is 23.7. The van der Waals surface area contributed by atoms with Crippen molar-refractivity contribution in [2.24, 2.45) is 17.8 Å². The molecular weight excluding hydrogens is 414 g/mol. The lowest BCUT2D eigenvalue weighted by Crippen LogP contribution is -2.32. The maximum atomic E-state index is 11.8. The number of amides is 1. The summed E-state index contributed by atoms with van der Waals surface area (Å²) in [5.41, 5.74) is 0.782. The van der Waals surface area contributed by atoms with Crippen molar-refractivity contribution in [2.75, 3.05) is 6.54 Å². The molecule has 1 aromatic heterocycles. The zero-order valence-corrected chi connectivity index (χ0v) is 19.6. The highest BCUT2D eigenvalue weighted by Gasteiger charge is 2.23. The number of carbonyl (C=O) groups is 3. The predicted molar refractivity (Wildman–Crippen MR) is 118 cm³/mol. The number of carboxylic acid groups (broad SMARTS) is 1. The number of nitrogens with one attached hydrogen (secondary N) is 1. The molecule has 9 nitrogen and oxygen atoms in total. The molecule has 0 saturated heterocycles. The third kappa shape index (κ3) is 8.51. The Hall–Kier alpha value is -2.58. The molecule has 32 heavy (non-hydrogen) atoms. The van der Waals surface area contributed by atoms with Crippen LogP contribution in [-0.4, -0.2) is 45.5 Å². The maximum Gasteiger partial charge on any atom is 0.410 e. The van der Waals surface area contributed by atoms with Gasteiger partial charge in [0.05, 0.1) is 23.9 Å². The third-order valence-corrected chi connectivity index (χ3v) is 5.89. The lowest BCUT2D eigenvalue weighted by molar-refractivity contribution is -0.168. The Labute approximate surface area is 189 Å². The molecule has 0 spiro atoms. The number of aliphatic carboxylic acids is 1. The van der Waals surface area contributed by atoms with E-state index in [1.807, 2.05) is 12.5 Å². The average molecular weight is 452 g/mol. The number of carboxylic acids is 1. The highest BCUT2D eigenvalue weighted by molar-refractivity contribution is 5.72. The van der Waals surface area contributed by atoms with Crippen molar-refractivity contribution in [3.63, 3.8) is 0 Å². The van der Waals surface area contributed by atoms with Crippen LogP contribution in [0.15, 0.2) is 12.5 Å². The summed E-state index contributed by atoms with van der Waals surface area (Å²) in [6.07, 6.45) is 8.04. The van der Waals surface area contributed by atoms with E-state index in [1.54, 1.807) is 13.8 Å². The number of alkyl carbamates (subject to hydrolysis) is 1.